The number of nitrogens with one attached hydrogen (secondary N) is 1. The highest BCUT2D eigenvalue weighted by Crippen LogP contribution is 2.14. The number of anilines is 1. The van der Waals surface area contributed by atoms with Crippen LogP contribution < -0.4 is 10.2 Å². The summed E-state index contributed by atoms with van der Waals surface area (Å²) in [5, 5.41) is 10.3. The fraction of sp³-hybridized carbons (Fsp3) is 0.143. The standard InChI is InChI=1S/C14H13N5O3/c1-9(20)15-10-7-13(18(2)8-10)14(21)22-19-12-6-4-3-5-11(12)16-17-19/h3-8H,1-2H3,(H,15,20). The number of benzene rings is 1. The molecule has 2 aromatic heterocycles. The Labute approximate surface area is 125 Å². The number of nitrogens with zero attached hydrogens (tertiary/aromatic N) is 4. The summed E-state index contributed by atoms with van der Waals surface area (Å²) < 4.78 is 1.56. The molecule has 1 aromatic carbocycles. The zero-order chi connectivity index (χ0) is 15.7. The predicted octanol–water partition coefficient (Wildman–Crippen LogP) is 0.997. The molecule has 0 saturated carbocycles. The average molecular weight is 299 g/mol. The Hall–Kier alpha value is -3.16. The Bertz CT molecular complexity index is 864. The van der Waals surface area contributed by atoms with E-state index in [1.807, 2.05) is 6.07 Å². The molecule has 0 bridgehead atoms. The monoisotopic (exact) mass is 299 g/mol. The fourth-order valence-corrected chi connectivity index (χ4v) is 2.08. The molecule has 0 unspecified atom stereocenters. The van der Waals surface area contributed by atoms with Crippen LogP contribution in [0.25, 0.3) is 11.0 Å². The Morgan fingerprint density at radius 2 is 2.05 bits per heavy atom. The molecule has 0 fully saturated rings. The second kappa shape index (κ2) is 5.32. The van der Waals surface area contributed by atoms with Crippen molar-refractivity contribution in [3.05, 3.63) is 42.2 Å². The highest BCUT2D eigenvalue weighted by atomic mass is 16.7. The van der Waals surface area contributed by atoms with Crippen LogP contribution in [-0.2, 0) is 11.8 Å². The van der Waals surface area contributed by atoms with Gasteiger partial charge >= 0.3 is 5.97 Å². The summed E-state index contributed by atoms with van der Waals surface area (Å²) in [4.78, 5) is 29.6. The third-order valence-electron chi connectivity index (χ3n) is 3.03. The second-order valence-corrected chi connectivity index (χ2v) is 4.74. The van der Waals surface area contributed by atoms with Crippen LogP contribution in [0.2, 0.25) is 0 Å². The molecule has 0 aliphatic heterocycles. The molecule has 8 nitrogen and oxygen atoms in total. The number of amides is 1. The minimum atomic E-state index is -0.602. The number of aryl methyl sites for hydroxylation is 1. The van der Waals surface area contributed by atoms with Crippen LogP contribution in [0.3, 0.4) is 0 Å². The van der Waals surface area contributed by atoms with Gasteiger partial charge in [-0.05, 0) is 23.4 Å². The maximum atomic E-state index is 12.2. The van der Waals surface area contributed by atoms with E-state index in [1.54, 1.807) is 36.0 Å². The predicted molar refractivity (Wildman–Crippen MR) is 78.2 cm³/mol. The van der Waals surface area contributed by atoms with Crippen molar-refractivity contribution in [2.75, 3.05) is 5.32 Å². The molecule has 3 aromatic rings. The molecule has 8 heteroatoms. The molecule has 0 spiro atoms. The zero-order valence-electron chi connectivity index (χ0n) is 12.0. The second-order valence-electron chi connectivity index (χ2n) is 4.74. The van der Waals surface area contributed by atoms with Gasteiger partial charge in [0, 0.05) is 20.2 Å². The minimum absolute atomic E-state index is 0.215. The normalized spacial score (nSPS) is 10.6. The first kappa shape index (κ1) is 13.8. The number of carbonyl (C=O) groups is 2. The third kappa shape index (κ3) is 2.53. The van der Waals surface area contributed by atoms with Gasteiger partial charge in [-0.15, -0.1) is 5.10 Å². The van der Waals surface area contributed by atoms with Crippen LogP contribution in [0, 0.1) is 0 Å². The summed E-state index contributed by atoms with van der Waals surface area (Å²) in [6.07, 6.45) is 1.62. The summed E-state index contributed by atoms with van der Waals surface area (Å²) in [6, 6.07) is 8.66. The Morgan fingerprint density at radius 3 is 2.82 bits per heavy atom. The van der Waals surface area contributed by atoms with E-state index in [0.717, 1.165) is 4.85 Å². The lowest BCUT2D eigenvalue weighted by Gasteiger charge is -2.03. The lowest BCUT2D eigenvalue weighted by Crippen LogP contribution is -2.22. The van der Waals surface area contributed by atoms with Crippen molar-refractivity contribution in [1.82, 2.24) is 19.7 Å². The molecule has 2 heterocycles. The van der Waals surface area contributed by atoms with Gasteiger partial charge in [-0.25, -0.2) is 4.79 Å². The Morgan fingerprint density at radius 1 is 1.27 bits per heavy atom. The van der Waals surface area contributed by atoms with E-state index >= 15 is 0 Å². The first-order valence-corrected chi connectivity index (χ1v) is 6.51. The Balaban J connectivity index is 1.85. The smallest absolute Gasteiger partial charge is 0.343 e. The van der Waals surface area contributed by atoms with Gasteiger partial charge in [0.05, 0.1) is 5.69 Å². The summed E-state index contributed by atoms with van der Waals surface area (Å²) >= 11 is 0. The van der Waals surface area contributed by atoms with Crippen molar-refractivity contribution >= 4 is 28.6 Å². The van der Waals surface area contributed by atoms with Gasteiger partial charge < -0.3 is 14.7 Å². The van der Waals surface area contributed by atoms with Crippen LogP contribution in [0.15, 0.2) is 36.5 Å². The van der Waals surface area contributed by atoms with Crippen molar-refractivity contribution < 1.29 is 14.4 Å². The first-order valence-electron chi connectivity index (χ1n) is 6.51. The number of fused-ring (bicyclic) bond motifs is 1. The van der Waals surface area contributed by atoms with Crippen molar-refractivity contribution in [1.29, 1.82) is 0 Å². The van der Waals surface area contributed by atoms with Crippen molar-refractivity contribution in [2.24, 2.45) is 7.05 Å². The number of rotatable bonds is 3. The largest absolute Gasteiger partial charge is 0.382 e. The van der Waals surface area contributed by atoms with Crippen LogP contribution in [0.5, 0.6) is 0 Å². The van der Waals surface area contributed by atoms with Crippen LogP contribution in [-0.4, -0.2) is 31.6 Å². The molecule has 0 saturated heterocycles. The first-order chi connectivity index (χ1) is 10.5. The van der Waals surface area contributed by atoms with E-state index in [-0.39, 0.29) is 11.6 Å². The van der Waals surface area contributed by atoms with Gasteiger partial charge in [0.1, 0.15) is 16.7 Å². The lowest BCUT2D eigenvalue weighted by atomic mass is 10.3. The SMILES string of the molecule is CC(=O)Nc1cc(C(=O)On2nnc3ccccc32)n(C)c1. The number of hydrogen-bond acceptors (Lipinski definition) is 5. The van der Waals surface area contributed by atoms with Crippen LogP contribution in [0.4, 0.5) is 5.69 Å². The number of aromatic nitrogens is 4. The molecule has 0 aliphatic rings. The molecule has 3 rings (SSSR count). The average Bonchev–Trinajstić information content (AvgIpc) is 3.02. The van der Waals surface area contributed by atoms with Gasteiger partial charge in [0.15, 0.2) is 0 Å². The van der Waals surface area contributed by atoms with Crippen molar-refractivity contribution in [3.63, 3.8) is 0 Å². The molecular formula is C14H13N5O3. The summed E-state index contributed by atoms with van der Waals surface area (Å²) in [7, 11) is 1.68. The van der Waals surface area contributed by atoms with Gasteiger partial charge in [-0.2, -0.15) is 0 Å². The van der Waals surface area contributed by atoms with E-state index in [9.17, 15) is 9.59 Å². The van der Waals surface area contributed by atoms with Gasteiger partial charge in [-0.3, -0.25) is 4.79 Å². The summed E-state index contributed by atoms with van der Waals surface area (Å²) in [6.45, 7) is 1.40. The quantitative estimate of drug-likeness (QED) is 0.728. The van der Waals surface area contributed by atoms with Crippen LogP contribution >= 0.6 is 0 Å². The zero-order valence-corrected chi connectivity index (χ0v) is 12.0. The molecule has 1 N–H and O–H groups in total. The maximum absolute atomic E-state index is 12.2. The number of hydrogen-bond donors (Lipinski definition) is 1. The molecule has 22 heavy (non-hydrogen) atoms. The molecule has 0 aliphatic carbocycles. The van der Waals surface area contributed by atoms with Gasteiger partial charge in [0.25, 0.3) is 0 Å². The third-order valence-corrected chi connectivity index (χ3v) is 3.03. The van der Waals surface area contributed by atoms with Gasteiger partial charge in [-0.1, -0.05) is 17.0 Å². The summed E-state index contributed by atoms with van der Waals surface area (Å²) in [5.74, 6) is -0.817. The lowest BCUT2D eigenvalue weighted by molar-refractivity contribution is -0.114. The van der Waals surface area contributed by atoms with E-state index in [4.69, 9.17) is 4.84 Å². The molecule has 1 amide bonds. The molecule has 112 valence electrons. The fourth-order valence-electron chi connectivity index (χ4n) is 2.08. The van der Waals surface area contributed by atoms with E-state index in [0.29, 0.717) is 16.7 Å². The minimum Gasteiger partial charge on any atom is -0.343 e. The highest BCUT2D eigenvalue weighted by molar-refractivity contribution is 5.93. The number of carbonyl (C=O) groups excluding carboxylic acids is 2. The molecule has 0 radical (unpaired) electrons. The highest BCUT2D eigenvalue weighted by Gasteiger charge is 2.17. The summed E-state index contributed by atoms with van der Waals surface area (Å²) in [5.41, 5.74) is 2.02. The topological polar surface area (TPSA) is 91.0 Å². The van der Waals surface area contributed by atoms with Crippen molar-refractivity contribution in [3.8, 4) is 0 Å². The maximum Gasteiger partial charge on any atom is 0.382 e. The number of para-hydroxylation sites is 1. The van der Waals surface area contributed by atoms with Gasteiger partial charge in [0.2, 0.25) is 5.91 Å². The van der Waals surface area contributed by atoms with E-state index in [2.05, 4.69) is 15.6 Å². The van der Waals surface area contributed by atoms with Crippen molar-refractivity contribution in [2.45, 2.75) is 6.92 Å². The molecular weight excluding hydrogens is 286 g/mol. The molecule has 0 atom stereocenters. The Kier molecular flexibility index (Phi) is 3.34. The van der Waals surface area contributed by atoms with E-state index < -0.39 is 5.97 Å². The van der Waals surface area contributed by atoms with Crippen LogP contribution in [0.1, 0.15) is 17.4 Å². The van der Waals surface area contributed by atoms with E-state index in [1.165, 1.54) is 13.0 Å².